The normalized spacial score (nSPS) is 18.6. The molecule has 0 aliphatic carbocycles. The number of urea groups is 1. The highest BCUT2D eigenvalue weighted by Crippen LogP contribution is 2.31. The third-order valence-corrected chi connectivity index (χ3v) is 7.96. The van der Waals surface area contributed by atoms with Crippen LogP contribution in [0.5, 0.6) is 0 Å². The summed E-state index contributed by atoms with van der Waals surface area (Å²) in [6.07, 6.45) is 4.53. The van der Waals surface area contributed by atoms with Gasteiger partial charge < -0.3 is 25.0 Å². The summed E-state index contributed by atoms with van der Waals surface area (Å²) in [5.74, 6) is 0.761. The van der Waals surface area contributed by atoms with E-state index in [9.17, 15) is 4.79 Å². The van der Waals surface area contributed by atoms with Crippen molar-refractivity contribution in [2.24, 2.45) is 0 Å². The maximum atomic E-state index is 13.3. The van der Waals surface area contributed by atoms with Gasteiger partial charge in [0.05, 0.1) is 26.7 Å². The van der Waals surface area contributed by atoms with Gasteiger partial charge in [-0.05, 0) is 57.2 Å². The van der Waals surface area contributed by atoms with E-state index in [0.29, 0.717) is 13.1 Å². The van der Waals surface area contributed by atoms with Crippen molar-refractivity contribution in [3.05, 3.63) is 47.9 Å². The molecule has 2 aliphatic rings. The fourth-order valence-electron chi connectivity index (χ4n) is 5.29. The molecule has 1 aromatic carbocycles. The molecule has 1 saturated heterocycles. The monoisotopic (exact) mass is 502 g/mol. The number of aromatic nitrogens is 4. The highest BCUT2D eigenvalue weighted by atomic mass is 32.1. The lowest BCUT2D eigenvalue weighted by molar-refractivity contribution is 0.0436. The van der Waals surface area contributed by atoms with Crippen molar-refractivity contribution in [3.8, 4) is 0 Å². The average Bonchev–Trinajstić information content (AvgIpc) is 3.50. The zero-order valence-corrected chi connectivity index (χ0v) is 21.6. The Morgan fingerprint density at radius 2 is 2.03 bits per heavy atom. The lowest BCUT2D eigenvalue weighted by Gasteiger charge is -2.47. The van der Waals surface area contributed by atoms with E-state index < -0.39 is 0 Å². The first-order valence-corrected chi connectivity index (χ1v) is 13.1. The number of benzene rings is 1. The van der Waals surface area contributed by atoms with Crippen LogP contribution in [0.15, 0.2) is 42.2 Å². The van der Waals surface area contributed by atoms with E-state index in [4.69, 9.17) is 0 Å². The van der Waals surface area contributed by atoms with Crippen LogP contribution in [0.1, 0.15) is 26.0 Å². The number of nitrogens with one attached hydrogen (secondary N) is 2. The molecule has 3 aromatic heterocycles. The third kappa shape index (κ3) is 4.20. The molecule has 0 radical (unpaired) electrons. The summed E-state index contributed by atoms with van der Waals surface area (Å²) in [6, 6.07) is 8.36. The van der Waals surface area contributed by atoms with Crippen molar-refractivity contribution < 1.29 is 4.79 Å². The number of H-pyrrole nitrogens is 1. The molecule has 0 atom stereocenters. The van der Waals surface area contributed by atoms with Gasteiger partial charge in [0, 0.05) is 44.1 Å². The second kappa shape index (κ2) is 8.86. The maximum Gasteiger partial charge on any atom is 0.320 e. The number of hydrogen-bond donors (Lipinski definition) is 2. The number of amides is 2. The van der Waals surface area contributed by atoms with E-state index in [1.807, 2.05) is 27.4 Å². The molecule has 0 spiro atoms. The quantitative estimate of drug-likeness (QED) is 0.427. The van der Waals surface area contributed by atoms with Crippen molar-refractivity contribution in [2.75, 3.05) is 45.1 Å². The maximum absolute atomic E-state index is 13.3. The second-order valence-electron chi connectivity index (χ2n) is 10.2. The average molecular weight is 503 g/mol. The highest BCUT2D eigenvalue weighted by Gasteiger charge is 2.37. The summed E-state index contributed by atoms with van der Waals surface area (Å²) in [6.45, 7) is 8.18. The van der Waals surface area contributed by atoms with Gasteiger partial charge in [0.2, 0.25) is 0 Å². The van der Waals surface area contributed by atoms with Crippen LogP contribution in [0, 0.1) is 0 Å². The standard InChI is InChI=1S/C26H30N8OS/c1-26(2)14-32(3)10-11-34(26)25(35)33-8-6-17(7-9-33)21-13-19-23(27-15-28-24(19)31-21)30-18-4-5-20-22(12-18)36-16-29-20/h4-6,12-13,15-16H,7-11,14H2,1-3H3,(H2,27,28,30,31). The number of likely N-dealkylation sites (N-methyl/N-ethyl adjacent to an activating group) is 1. The lowest BCUT2D eigenvalue weighted by atomic mass is 9.99. The minimum atomic E-state index is -0.169. The van der Waals surface area contributed by atoms with Crippen LogP contribution >= 0.6 is 11.3 Å². The first kappa shape index (κ1) is 22.9. The first-order valence-electron chi connectivity index (χ1n) is 12.3. The van der Waals surface area contributed by atoms with Gasteiger partial charge in [0.25, 0.3) is 0 Å². The highest BCUT2D eigenvalue weighted by molar-refractivity contribution is 7.16. The first-order chi connectivity index (χ1) is 17.4. The number of fused-ring (bicyclic) bond motifs is 2. The fourth-order valence-corrected chi connectivity index (χ4v) is 6.01. The SMILES string of the molecule is CN1CCN(C(=O)N2CC=C(c3cc4c(Nc5ccc6ncsc6c5)ncnc4[nH]3)CC2)C(C)(C)C1. The van der Waals surface area contributed by atoms with Crippen LogP contribution in [0.4, 0.5) is 16.3 Å². The number of aromatic amines is 1. The van der Waals surface area contributed by atoms with Crippen LogP contribution in [-0.2, 0) is 0 Å². The van der Waals surface area contributed by atoms with E-state index in [1.165, 1.54) is 5.57 Å². The molecular weight excluding hydrogens is 472 g/mol. The van der Waals surface area contributed by atoms with Gasteiger partial charge in [-0.25, -0.2) is 19.7 Å². The van der Waals surface area contributed by atoms with Gasteiger partial charge >= 0.3 is 6.03 Å². The molecule has 186 valence electrons. The smallest absolute Gasteiger partial charge is 0.320 e. The molecule has 6 rings (SSSR count). The van der Waals surface area contributed by atoms with Crippen molar-refractivity contribution in [1.29, 1.82) is 0 Å². The van der Waals surface area contributed by atoms with Crippen LogP contribution < -0.4 is 5.32 Å². The minimum Gasteiger partial charge on any atom is -0.340 e. The van der Waals surface area contributed by atoms with Gasteiger partial charge in [-0.1, -0.05) is 6.08 Å². The molecule has 2 amide bonds. The van der Waals surface area contributed by atoms with Crippen LogP contribution in [-0.4, -0.2) is 86.0 Å². The summed E-state index contributed by atoms with van der Waals surface area (Å²) in [5, 5.41) is 4.38. The van der Waals surface area contributed by atoms with Gasteiger partial charge in [-0.15, -0.1) is 11.3 Å². The number of piperazine rings is 1. The Kier molecular flexibility index (Phi) is 5.65. The number of anilines is 2. The second-order valence-corrected chi connectivity index (χ2v) is 11.1. The molecule has 0 unspecified atom stereocenters. The number of rotatable bonds is 3. The summed E-state index contributed by atoms with van der Waals surface area (Å²) >= 11 is 1.62. The van der Waals surface area contributed by atoms with Crippen molar-refractivity contribution in [2.45, 2.75) is 25.8 Å². The Hall–Kier alpha value is -3.50. The van der Waals surface area contributed by atoms with E-state index in [-0.39, 0.29) is 11.6 Å². The molecule has 1 fully saturated rings. The molecule has 0 saturated carbocycles. The fraction of sp³-hybridized carbons (Fsp3) is 0.385. The molecule has 9 nitrogen and oxygen atoms in total. The van der Waals surface area contributed by atoms with E-state index in [2.05, 4.69) is 69.3 Å². The Morgan fingerprint density at radius 3 is 2.83 bits per heavy atom. The predicted octanol–water partition coefficient (Wildman–Crippen LogP) is 4.55. The van der Waals surface area contributed by atoms with E-state index in [1.54, 1.807) is 17.7 Å². The Bertz CT molecular complexity index is 1470. The Labute approximate surface area is 213 Å². The molecule has 0 bridgehead atoms. The molecule has 2 N–H and O–H groups in total. The number of carbonyl (C=O) groups excluding carboxylic acids is 1. The number of carbonyl (C=O) groups is 1. The lowest BCUT2D eigenvalue weighted by Crippen LogP contribution is -2.62. The Morgan fingerprint density at radius 1 is 1.14 bits per heavy atom. The van der Waals surface area contributed by atoms with Gasteiger partial charge in [0.1, 0.15) is 17.8 Å². The van der Waals surface area contributed by atoms with Crippen LogP contribution in [0.25, 0.3) is 26.8 Å². The van der Waals surface area contributed by atoms with Crippen molar-refractivity contribution >= 4 is 55.7 Å². The summed E-state index contributed by atoms with van der Waals surface area (Å²) < 4.78 is 1.13. The predicted molar refractivity (Wildman–Crippen MR) is 145 cm³/mol. The summed E-state index contributed by atoms with van der Waals surface area (Å²) in [5.41, 5.74) is 6.67. The summed E-state index contributed by atoms with van der Waals surface area (Å²) in [7, 11) is 2.12. The van der Waals surface area contributed by atoms with E-state index in [0.717, 1.165) is 64.5 Å². The largest absolute Gasteiger partial charge is 0.340 e. The van der Waals surface area contributed by atoms with Gasteiger partial charge in [-0.3, -0.25) is 0 Å². The van der Waals surface area contributed by atoms with Crippen molar-refractivity contribution in [3.63, 3.8) is 0 Å². The van der Waals surface area contributed by atoms with Crippen LogP contribution in [0.2, 0.25) is 0 Å². The van der Waals surface area contributed by atoms with E-state index >= 15 is 0 Å². The number of thiazole rings is 1. The zero-order chi connectivity index (χ0) is 24.9. The van der Waals surface area contributed by atoms with Crippen LogP contribution in [0.3, 0.4) is 0 Å². The molecular formula is C26H30N8OS. The summed E-state index contributed by atoms with van der Waals surface area (Å²) in [4.78, 5) is 36.3. The Balaban J connectivity index is 1.20. The molecule has 4 aromatic rings. The third-order valence-electron chi connectivity index (χ3n) is 7.17. The molecule has 5 heterocycles. The van der Waals surface area contributed by atoms with Gasteiger partial charge in [-0.2, -0.15) is 0 Å². The number of nitrogens with zero attached hydrogens (tertiary/aromatic N) is 6. The molecule has 2 aliphatic heterocycles. The zero-order valence-electron chi connectivity index (χ0n) is 20.8. The molecule has 36 heavy (non-hydrogen) atoms. The molecule has 10 heteroatoms. The minimum absolute atomic E-state index is 0.135. The van der Waals surface area contributed by atoms with Gasteiger partial charge in [0.15, 0.2) is 0 Å². The topological polar surface area (TPSA) is 93.3 Å². The number of hydrogen-bond acceptors (Lipinski definition) is 7. The van der Waals surface area contributed by atoms with Crippen molar-refractivity contribution in [1.82, 2.24) is 34.6 Å².